The molecule has 0 aliphatic heterocycles. The van der Waals surface area contributed by atoms with Crippen LogP contribution >= 0.6 is 39.7 Å². The van der Waals surface area contributed by atoms with Crippen LogP contribution in [0.25, 0.3) is 0 Å². The number of hydrogen-bond donors (Lipinski definition) is 2. The first-order valence-electron chi connectivity index (χ1n) is 7.27. The highest BCUT2D eigenvalue weighted by Gasteiger charge is 2.18. The predicted octanol–water partition coefficient (Wildman–Crippen LogP) is 4.72. The van der Waals surface area contributed by atoms with Crippen molar-refractivity contribution >= 4 is 62.2 Å². The molecule has 0 aliphatic rings. The van der Waals surface area contributed by atoms with Gasteiger partial charge in [0, 0.05) is 16.6 Å². The van der Waals surface area contributed by atoms with E-state index in [4.69, 9.17) is 38.0 Å². The second-order valence-corrected chi connectivity index (χ2v) is 6.68. The molecule has 0 saturated heterocycles. The molecule has 2 rings (SSSR count). The molecule has 0 spiro atoms. The van der Waals surface area contributed by atoms with Gasteiger partial charge >= 0.3 is 5.97 Å². The monoisotopic (exact) mass is 458 g/mol. The molecule has 2 N–H and O–H groups in total. The lowest BCUT2D eigenvalue weighted by Crippen LogP contribution is -2.21. The van der Waals surface area contributed by atoms with Crippen molar-refractivity contribution < 1.29 is 19.0 Å². The molecule has 2 aromatic rings. The van der Waals surface area contributed by atoms with E-state index in [1.165, 1.54) is 27.4 Å². The summed E-state index contributed by atoms with van der Waals surface area (Å²) in [5, 5.41) is 6.67. The molecule has 0 atom stereocenters. The summed E-state index contributed by atoms with van der Waals surface area (Å²) in [7, 11) is 4.27. The van der Waals surface area contributed by atoms with E-state index < -0.39 is 5.97 Å². The largest absolute Gasteiger partial charge is 0.493 e. The number of carbonyl (C=O) groups excluding carboxylic acids is 1. The van der Waals surface area contributed by atoms with Gasteiger partial charge in [0.2, 0.25) is 0 Å². The fourth-order valence-electron chi connectivity index (χ4n) is 2.13. The highest BCUT2D eigenvalue weighted by molar-refractivity contribution is 9.10. The lowest BCUT2D eigenvalue weighted by atomic mass is 10.1. The Hall–Kier alpha value is -2.03. The molecule has 0 aliphatic carbocycles. The average molecular weight is 460 g/mol. The number of nitrogens with one attached hydrogen (secondary N) is 2. The van der Waals surface area contributed by atoms with E-state index in [0.717, 1.165) is 4.47 Å². The SMILES string of the molecule is COC(=O)c1cc(OC)c(OC)cc1NC(=S)Nc1ccc(Br)cc1Cl. The topological polar surface area (TPSA) is 68.8 Å². The van der Waals surface area contributed by atoms with Gasteiger partial charge in [-0.15, -0.1) is 0 Å². The fraction of sp³-hybridized carbons (Fsp3) is 0.176. The minimum absolute atomic E-state index is 0.242. The van der Waals surface area contributed by atoms with Crippen molar-refractivity contribution in [1.82, 2.24) is 0 Å². The Morgan fingerprint density at radius 1 is 1.04 bits per heavy atom. The maximum atomic E-state index is 12.1. The summed E-state index contributed by atoms with van der Waals surface area (Å²) in [6.45, 7) is 0. The van der Waals surface area contributed by atoms with Crippen LogP contribution in [-0.4, -0.2) is 32.4 Å². The van der Waals surface area contributed by atoms with Gasteiger partial charge in [-0.2, -0.15) is 0 Å². The van der Waals surface area contributed by atoms with E-state index in [9.17, 15) is 4.79 Å². The van der Waals surface area contributed by atoms with Gasteiger partial charge in [-0.25, -0.2) is 4.79 Å². The molecule has 0 saturated carbocycles. The van der Waals surface area contributed by atoms with Crippen LogP contribution in [0.1, 0.15) is 10.4 Å². The molecule has 138 valence electrons. The Labute approximate surface area is 169 Å². The van der Waals surface area contributed by atoms with Gasteiger partial charge < -0.3 is 24.8 Å². The normalized spacial score (nSPS) is 10.0. The minimum atomic E-state index is -0.544. The standard InChI is InChI=1S/C17H16BrClN2O4S/c1-23-14-7-10(16(22)25-3)13(8-15(14)24-2)21-17(26)20-12-5-4-9(18)6-11(12)19/h4-8H,1-3H3,(H2,20,21,26). The molecule has 0 heterocycles. The number of methoxy groups -OCH3 is 3. The van der Waals surface area contributed by atoms with Gasteiger partial charge in [-0.1, -0.05) is 27.5 Å². The van der Waals surface area contributed by atoms with Crippen molar-refractivity contribution in [2.45, 2.75) is 0 Å². The van der Waals surface area contributed by atoms with E-state index in [-0.39, 0.29) is 10.7 Å². The third-order valence-corrected chi connectivity index (χ3v) is 4.37. The van der Waals surface area contributed by atoms with Crippen molar-refractivity contribution in [2.75, 3.05) is 32.0 Å². The lowest BCUT2D eigenvalue weighted by molar-refractivity contribution is 0.0601. The van der Waals surface area contributed by atoms with Gasteiger partial charge in [0.15, 0.2) is 16.6 Å². The number of halogens is 2. The van der Waals surface area contributed by atoms with Crippen molar-refractivity contribution in [3.63, 3.8) is 0 Å². The summed E-state index contributed by atoms with van der Waals surface area (Å²) in [5.41, 5.74) is 1.27. The van der Waals surface area contributed by atoms with Crippen LogP contribution in [0.2, 0.25) is 5.02 Å². The summed E-state index contributed by atoms with van der Waals surface area (Å²) in [6, 6.07) is 8.45. The maximum Gasteiger partial charge on any atom is 0.340 e. The van der Waals surface area contributed by atoms with Gasteiger partial charge in [-0.3, -0.25) is 0 Å². The molecule has 0 aromatic heterocycles. The maximum absolute atomic E-state index is 12.1. The summed E-state index contributed by atoms with van der Waals surface area (Å²) in [4.78, 5) is 12.1. The summed E-state index contributed by atoms with van der Waals surface area (Å²) >= 11 is 14.8. The highest BCUT2D eigenvalue weighted by atomic mass is 79.9. The van der Waals surface area contributed by atoms with Gasteiger partial charge in [0.1, 0.15) is 0 Å². The van der Waals surface area contributed by atoms with Crippen molar-refractivity contribution in [1.29, 1.82) is 0 Å². The smallest absolute Gasteiger partial charge is 0.340 e. The van der Waals surface area contributed by atoms with E-state index in [2.05, 4.69) is 26.6 Å². The number of anilines is 2. The Morgan fingerprint density at radius 3 is 2.23 bits per heavy atom. The van der Waals surface area contributed by atoms with Crippen LogP contribution in [0.4, 0.5) is 11.4 Å². The molecule has 9 heteroatoms. The van der Waals surface area contributed by atoms with Crippen LogP contribution in [0.15, 0.2) is 34.8 Å². The zero-order valence-corrected chi connectivity index (χ0v) is 17.3. The third-order valence-electron chi connectivity index (χ3n) is 3.36. The fourth-order valence-corrected chi connectivity index (χ4v) is 3.07. The molecule has 26 heavy (non-hydrogen) atoms. The molecular formula is C17H16BrClN2O4S. The highest BCUT2D eigenvalue weighted by Crippen LogP contribution is 2.34. The summed E-state index contributed by atoms with van der Waals surface area (Å²) in [5.74, 6) is 0.290. The van der Waals surface area contributed by atoms with Crippen molar-refractivity contribution in [3.05, 3.63) is 45.4 Å². The molecule has 0 bridgehead atoms. The number of rotatable bonds is 5. The van der Waals surface area contributed by atoms with Crippen LogP contribution in [-0.2, 0) is 4.74 Å². The van der Waals surface area contributed by atoms with Crippen molar-refractivity contribution in [3.8, 4) is 11.5 Å². The number of hydrogen-bond acceptors (Lipinski definition) is 5. The van der Waals surface area contributed by atoms with E-state index in [1.54, 1.807) is 18.2 Å². The lowest BCUT2D eigenvalue weighted by Gasteiger charge is -2.17. The van der Waals surface area contributed by atoms with Gasteiger partial charge in [0.25, 0.3) is 0 Å². The van der Waals surface area contributed by atoms with E-state index in [1.807, 2.05) is 6.07 Å². The molecule has 0 fully saturated rings. The Morgan fingerprint density at radius 2 is 1.65 bits per heavy atom. The zero-order valence-electron chi connectivity index (χ0n) is 14.2. The first-order valence-corrected chi connectivity index (χ1v) is 8.85. The summed E-state index contributed by atoms with van der Waals surface area (Å²) < 4.78 is 16.2. The van der Waals surface area contributed by atoms with Crippen LogP contribution in [0.3, 0.4) is 0 Å². The number of thiocarbonyl (C=S) groups is 1. The molecule has 0 amide bonds. The predicted molar refractivity (Wildman–Crippen MR) is 110 cm³/mol. The quantitative estimate of drug-likeness (QED) is 0.495. The molecular weight excluding hydrogens is 444 g/mol. The zero-order chi connectivity index (χ0) is 19.3. The molecule has 0 unspecified atom stereocenters. The Kier molecular flexibility index (Phi) is 7.07. The van der Waals surface area contributed by atoms with Gasteiger partial charge in [-0.05, 0) is 30.4 Å². The van der Waals surface area contributed by atoms with Crippen LogP contribution < -0.4 is 20.1 Å². The second-order valence-electron chi connectivity index (χ2n) is 4.95. The first kappa shape index (κ1) is 20.3. The minimum Gasteiger partial charge on any atom is -0.493 e. The van der Waals surface area contributed by atoms with E-state index in [0.29, 0.717) is 27.9 Å². The van der Waals surface area contributed by atoms with Gasteiger partial charge in [0.05, 0.1) is 43.3 Å². The molecule has 0 radical (unpaired) electrons. The molecule has 6 nitrogen and oxygen atoms in total. The van der Waals surface area contributed by atoms with Crippen LogP contribution in [0.5, 0.6) is 11.5 Å². The number of benzene rings is 2. The number of carbonyl (C=O) groups is 1. The number of esters is 1. The van der Waals surface area contributed by atoms with E-state index >= 15 is 0 Å². The Balaban J connectivity index is 2.31. The first-order chi connectivity index (χ1) is 12.4. The molecule has 2 aromatic carbocycles. The average Bonchev–Trinajstić information content (AvgIpc) is 2.62. The summed E-state index contributed by atoms with van der Waals surface area (Å²) in [6.07, 6.45) is 0. The van der Waals surface area contributed by atoms with Crippen molar-refractivity contribution in [2.24, 2.45) is 0 Å². The third kappa shape index (κ3) is 4.78. The second kappa shape index (κ2) is 9.07. The number of ether oxygens (including phenoxy) is 3. The van der Waals surface area contributed by atoms with Crippen LogP contribution in [0, 0.1) is 0 Å². The Bertz CT molecular complexity index is 848.